The average Bonchev–Trinajstić information content (AvgIpc) is 2.53. The fourth-order valence-corrected chi connectivity index (χ4v) is 2.36. The molecule has 2 heteroatoms. The number of hydrogen-bond donors (Lipinski definition) is 0. The summed E-state index contributed by atoms with van der Waals surface area (Å²) in [7, 11) is 0. The van der Waals surface area contributed by atoms with Gasteiger partial charge in [-0.25, -0.2) is 0 Å². The number of rotatable bonds is 5. The second-order valence-corrected chi connectivity index (χ2v) is 6.07. The van der Waals surface area contributed by atoms with E-state index < -0.39 is 11.6 Å². The average molecular weight is 293 g/mol. The van der Waals surface area contributed by atoms with Gasteiger partial charge in [0.05, 0.1) is 0 Å². The van der Waals surface area contributed by atoms with Crippen LogP contribution in [0.5, 0.6) is 0 Å². The van der Waals surface area contributed by atoms with Crippen LogP contribution in [0.4, 0.5) is 0 Å². The Kier molecular flexibility index (Phi) is 4.92. The fraction of sp³-hybridized carbons (Fsp3) is 0.300. The van der Waals surface area contributed by atoms with Crippen LogP contribution in [0.15, 0.2) is 42.5 Å². The van der Waals surface area contributed by atoms with Crippen molar-refractivity contribution in [3.05, 3.63) is 70.8 Å². The maximum atomic E-state index is 12.6. The van der Waals surface area contributed by atoms with Gasteiger partial charge in [0.1, 0.15) is 0 Å². The predicted molar refractivity (Wildman–Crippen MR) is 88.6 cm³/mol. The van der Waals surface area contributed by atoms with E-state index in [0.717, 1.165) is 11.1 Å². The Hall–Kier alpha value is -2.22. The van der Waals surface area contributed by atoms with Crippen molar-refractivity contribution in [3.63, 3.8) is 0 Å². The summed E-state index contributed by atoms with van der Waals surface area (Å²) < 4.78 is 0. The van der Waals surface area contributed by atoms with Gasteiger partial charge in [0, 0.05) is 11.1 Å². The van der Waals surface area contributed by atoms with Crippen LogP contribution < -0.4 is 0 Å². The van der Waals surface area contributed by atoms with Crippen molar-refractivity contribution in [1.29, 1.82) is 0 Å². The molecule has 0 bridgehead atoms. The third kappa shape index (κ3) is 3.33. The van der Waals surface area contributed by atoms with E-state index in [1.165, 1.54) is 0 Å². The van der Waals surface area contributed by atoms with E-state index in [1.54, 1.807) is 30.3 Å². The van der Waals surface area contributed by atoms with E-state index in [1.807, 2.05) is 26.0 Å². The molecule has 0 aliphatic carbocycles. The first-order valence-electron chi connectivity index (χ1n) is 7.62. The molecule has 0 N–H and O–H groups in total. The highest BCUT2D eigenvalue weighted by Crippen LogP contribution is 2.25. The van der Waals surface area contributed by atoms with Crippen molar-refractivity contribution in [2.75, 3.05) is 0 Å². The van der Waals surface area contributed by atoms with Crippen molar-refractivity contribution >= 4 is 11.6 Å². The summed E-state index contributed by atoms with van der Waals surface area (Å²) in [6.07, 6.45) is 0. The van der Waals surface area contributed by atoms with E-state index in [-0.39, 0.29) is 5.92 Å². The summed E-state index contributed by atoms with van der Waals surface area (Å²) in [5, 5.41) is 0. The predicted octanol–water partition coefficient (Wildman–Crippen LogP) is 4.80. The van der Waals surface area contributed by atoms with Gasteiger partial charge >= 0.3 is 0 Å². The van der Waals surface area contributed by atoms with Gasteiger partial charge in [0.2, 0.25) is 11.6 Å². The lowest BCUT2D eigenvalue weighted by Crippen LogP contribution is -2.17. The summed E-state index contributed by atoms with van der Waals surface area (Å²) in [4.78, 5) is 25.0. The Morgan fingerprint density at radius 2 is 1.45 bits per heavy atom. The molecule has 1 radical (unpaired) electrons. The second-order valence-electron chi connectivity index (χ2n) is 6.07. The normalized spacial score (nSPS) is 11.0. The van der Waals surface area contributed by atoms with Crippen molar-refractivity contribution < 1.29 is 9.59 Å². The van der Waals surface area contributed by atoms with Gasteiger partial charge in [-0.1, -0.05) is 70.2 Å². The van der Waals surface area contributed by atoms with E-state index in [4.69, 9.17) is 0 Å². The molecule has 2 nitrogen and oxygen atoms in total. The minimum absolute atomic E-state index is 0.140. The highest BCUT2D eigenvalue weighted by atomic mass is 16.2. The highest BCUT2D eigenvalue weighted by Gasteiger charge is 2.22. The molecular formula is C20H21O2. The number of carbonyl (C=O) groups is 2. The molecule has 22 heavy (non-hydrogen) atoms. The molecule has 0 saturated heterocycles. The first-order valence-corrected chi connectivity index (χ1v) is 7.62. The first kappa shape index (κ1) is 16.2. The maximum Gasteiger partial charge on any atom is 0.233 e. The Bertz CT molecular complexity index is 682. The fourth-order valence-electron chi connectivity index (χ4n) is 2.36. The van der Waals surface area contributed by atoms with Gasteiger partial charge in [-0.15, -0.1) is 0 Å². The molecule has 0 aliphatic heterocycles. The second kappa shape index (κ2) is 6.69. The quantitative estimate of drug-likeness (QED) is 0.586. The lowest BCUT2D eigenvalue weighted by molar-refractivity contribution is 0.0816. The van der Waals surface area contributed by atoms with Gasteiger partial charge < -0.3 is 0 Å². The molecule has 0 saturated carbocycles. The Morgan fingerprint density at radius 1 is 0.818 bits per heavy atom. The largest absolute Gasteiger partial charge is 0.285 e. The monoisotopic (exact) mass is 293 g/mol. The molecule has 0 heterocycles. The van der Waals surface area contributed by atoms with Crippen LogP contribution >= 0.6 is 0 Å². The summed E-state index contributed by atoms with van der Waals surface area (Å²) >= 11 is 0. The van der Waals surface area contributed by atoms with Crippen LogP contribution in [0.3, 0.4) is 0 Å². The summed E-state index contributed by atoms with van der Waals surface area (Å²) in [5.41, 5.74) is 2.77. The first-order chi connectivity index (χ1) is 10.4. The summed E-state index contributed by atoms with van der Waals surface area (Å²) in [6, 6.07) is 15.7. The number of ketones is 2. The van der Waals surface area contributed by atoms with Crippen LogP contribution in [0.2, 0.25) is 0 Å². The van der Waals surface area contributed by atoms with Gasteiger partial charge in [-0.2, -0.15) is 0 Å². The third-order valence-electron chi connectivity index (χ3n) is 3.68. The molecular weight excluding hydrogens is 272 g/mol. The van der Waals surface area contributed by atoms with Crippen molar-refractivity contribution in [1.82, 2.24) is 0 Å². The van der Waals surface area contributed by atoms with E-state index >= 15 is 0 Å². The van der Waals surface area contributed by atoms with Crippen LogP contribution in [0.25, 0.3) is 0 Å². The number of hydrogen-bond acceptors (Lipinski definition) is 2. The van der Waals surface area contributed by atoms with Gasteiger partial charge in [0.25, 0.3) is 0 Å². The molecule has 0 unspecified atom stereocenters. The van der Waals surface area contributed by atoms with E-state index in [9.17, 15) is 9.59 Å². The highest BCUT2D eigenvalue weighted by molar-refractivity contribution is 6.49. The topological polar surface area (TPSA) is 34.1 Å². The molecule has 0 fully saturated rings. The molecule has 0 amide bonds. The SMILES string of the molecule is CC(C)c1[c]c(C(C)C)c(C(=O)C(=O)c2ccccc2)cc1. The van der Waals surface area contributed by atoms with Crippen molar-refractivity contribution in [2.24, 2.45) is 0 Å². The van der Waals surface area contributed by atoms with E-state index in [2.05, 4.69) is 19.9 Å². The lowest BCUT2D eigenvalue weighted by atomic mass is 9.88. The van der Waals surface area contributed by atoms with Gasteiger partial charge in [-0.3, -0.25) is 9.59 Å². The smallest absolute Gasteiger partial charge is 0.233 e. The van der Waals surface area contributed by atoms with Crippen LogP contribution in [0, 0.1) is 6.07 Å². The molecule has 0 spiro atoms. The zero-order chi connectivity index (χ0) is 16.3. The standard InChI is InChI=1S/C20H21O2/c1-13(2)16-10-11-17(18(12-16)14(3)4)20(22)19(21)15-8-6-5-7-9-15/h5-11,13-14H,1-4H3. The number of Topliss-reactive ketones (excluding diaryl/α,β-unsaturated/α-hetero) is 2. The third-order valence-corrected chi connectivity index (χ3v) is 3.68. The van der Waals surface area contributed by atoms with Crippen LogP contribution in [0.1, 0.15) is 71.4 Å². The van der Waals surface area contributed by atoms with Gasteiger partial charge in [-0.05, 0) is 29.0 Å². The van der Waals surface area contributed by atoms with E-state index in [0.29, 0.717) is 17.0 Å². The molecule has 2 aromatic carbocycles. The molecule has 113 valence electrons. The zero-order valence-corrected chi connectivity index (χ0v) is 13.5. The lowest BCUT2D eigenvalue weighted by Gasteiger charge is -2.14. The maximum absolute atomic E-state index is 12.6. The minimum Gasteiger partial charge on any atom is -0.285 e. The molecule has 2 aromatic rings. The van der Waals surface area contributed by atoms with Crippen LogP contribution in [-0.2, 0) is 0 Å². The zero-order valence-electron chi connectivity index (χ0n) is 13.5. The molecule has 0 aromatic heterocycles. The molecule has 0 aliphatic rings. The van der Waals surface area contributed by atoms with Crippen molar-refractivity contribution in [3.8, 4) is 0 Å². The molecule has 2 rings (SSSR count). The summed E-state index contributed by atoms with van der Waals surface area (Å²) in [5.74, 6) is -0.442. The Labute approximate surface area is 132 Å². The minimum atomic E-state index is -0.465. The number of carbonyl (C=O) groups excluding carboxylic acids is 2. The number of benzene rings is 2. The van der Waals surface area contributed by atoms with Crippen molar-refractivity contribution in [2.45, 2.75) is 39.5 Å². The van der Waals surface area contributed by atoms with Gasteiger partial charge in [0.15, 0.2) is 0 Å². The Morgan fingerprint density at radius 3 is 2.00 bits per heavy atom. The summed E-state index contributed by atoms with van der Waals surface area (Å²) in [6.45, 7) is 8.21. The molecule has 0 atom stereocenters. The van der Waals surface area contributed by atoms with Crippen LogP contribution in [-0.4, -0.2) is 11.6 Å². The Balaban J connectivity index is 2.43.